The van der Waals surface area contributed by atoms with Crippen LogP contribution in [0.15, 0.2) is 17.0 Å². The first-order valence-corrected chi connectivity index (χ1v) is 9.52. The highest BCUT2D eigenvalue weighted by molar-refractivity contribution is 8.00. The molecule has 0 bridgehead atoms. The van der Waals surface area contributed by atoms with Gasteiger partial charge in [-0.1, -0.05) is 0 Å². The van der Waals surface area contributed by atoms with Crippen LogP contribution >= 0.6 is 11.8 Å². The minimum absolute atomic E-state index is 0.0377. The van der Waals surface area contributed by atoms with E-state index >= 15 is 0 Å². The van der Waals surface area contributed by atoms with Crippen molar-refractivity contribution in [3.63, 3.8) is 0 Å². The zero-order chi connectivity index (χ0) is 15.5. The summed E-state index contributed by atoms with van der Waals surface area (Å²) in [6.07, 6.45) is 2.16. The van der Waals surface area contributed by atoms with Crippen LogP contribution in [0, 0.1) is 12.7 Å². The van der Waals surface area contributed by atoms with E-state index in [0.29, 0.717) is 23.9 Å². The lowest BCUT2D eigenvalue weighted by molar-refractivity contribution is 0.571. The third kappa shape index (κ3) is 4.18. The van der Waals surface area contributed by atoms with Gasteiger partial charge in [0.25, 0.3) is 0 Å². The van der Waals surface area contributed by atoms with Gasteiger partial charge in [-0.15, -0.1) is 0 Å². The fourth-order valence-corrected chi connectivity index (χ4v) is 5.07. The summed E-state index contributed by atoms with van der Waals surface area (Å²) in [7, 11) is -1.94. The van der Waals surface area contributed by atoms with E-state index in [9.17, 15) is 12.8 Å². The number of rotatable bonds is 6. The van der Waals surface area contributed by atoms with Gasteiger partial charge in [-0.05, 0) is 50.3 Å². The Balaban J connectivity index is 2.21. The highest BCUT2D eigenvalue weighted by Crippen LogP contribution is 2.26. The molecule has 0 amide bonds. The zero-order valence-electron chi connectivity index (χ0n) is 12.3. The van der Waals surface area contributed by atoms with Crippen LogP contribution in [0.5, 0.6) is 0 Å². The number of hydrogen-bond donors (Lipinski definition) is 2. The summed E-state index contributed by atoms with van der Waals surface area (Å²) in [5.74, 6) is 0.593. The van der Waals surface area contributed by atoms with Crippen molar-refractivity contribution < 1.29 is 12.8 Å². The number of thioether (sulfide) groups is 1. The van der Waals surface area contributed by atoms with Crippen molar-refractivity contribution in [2.75, 3.05) is 19.3 Å². The maximum absolute atomic E-state index is 13.9. The predicted octanol–water partition coefficient (Wildman–Crippen LogP) is 2.03. The van der Waals surface area contributed by atoms with E-state index in [1.807, 2.05) is 0 Å². The average molecular weight is 332 g/mol. The first kappa shape index (κ1) is 16.7. The van der Waals surface area contributed by atoms with Gasteiger partial charge in [0.2, 0.25) is 10.0 Å². The van der Waals surface area contributed by atoms with E-state index < -0.39 is 15.8 Å². The van der Waals surface area contributed by atoms with Crippen LogP contribution in [0.4, 0.5) is 4.39 Å². The van der Waals surface area contributed by atoms with Gasteiger partial charge < -0.3 is 5.32 Å². The Labute approximate surface area is 129 Å². The van der Waals surface area contributed by atoms with Gasteiger partial charge in [0, 0.05) is 23.9 Å². The average Bonchev–Trinajstić information content (AvgIpc) is 2.94. The molecule has 4 nitrogen and oxygen atoms in total. The van der Waals surface area contributed by atoms with Gasteiger partial charge in [-0.3, -0.25) is 0 Å². The first-order valence-electron chi connectivity index (χ1n) is 6.99. The van der Waals surface area contributed by atoms with Crippen LogP contribution < -0.4 is 10.0 Å². The van der Waals surface area contributed by atoms with E-state index in [0.717, 1.165) is 18.6 Å². The van der Waals surface area contributed by atoms with E-state index in [4.69, 9.17) is 0 Å². The second kappa shape index (κ2) is 7.09. The zero-order valence-corrected chi connectivity index (χ0v) is 13.9. The molecule has 1 aromatic rings. The lowest BCUT2D eigenvalue weighted by Crippen LogP contribution is -2.30. The van der Waals surface area contributed by atoms with E-state index in [2.05, 4.69) is 10.0 Å². The van der Waals surface area contributed by atoms with Gasteiger partial charge in [-0.25, -0.2) is 17.5 Å². The molecular formula is C14H21FN2O2S2. The van der Waals surface area contributed by atoms with Crippen LogP contribution in [-0.2, 0) is 16.6 Å². The Hall–Kier alpha value is -0.630. The number of hydrogen-bond acceptors (Lipinski definition) is 4. The molecule has 1 saturated heterocycles. The van der Waals surface area contributed by atoms with Crippen molar-refractivity contribution in [3.05, 3.63) is 29.1 Å². The largest absolute Gasteiger partial charge is 0.316 e. The van der Waals surface area contributed by atoms with Crippen LogP contribution in [0.1, 0.15) is 24.0 Å². The summed E-state index contributed by atoms with van der Waals surface area (Å²) in [5, 5.41) is 3.23. The maximum atomic E-state index is 13.9. The SMILES string of the molecule is CNCc1cc(F)c(C)c(S(=O)(=O)NCC2CCCS2)c1. The number of benzene rings is 1. The lowest BCUT2D eigenvalue weighted by atomic mass is 10.1. The monoisotopic (exact) mass is 332 g/mol. The fourth-order valence-electron chi connectivity index (χ4n) is 2.38. The molecule has 1 atom stereocenters. The van der Waals surface area contributed by atoms with Gasteiger partial charge in [0.15, 0.2) is 0 Å². The minimum atomic E-state index is -3.67. The van der Waals surface area contributed by atoms with Crippen LogP contribution in [0.25, 0.3) is 0 Å². The van der Waals surface area contributed by atoms with E-state index in [-0.39, 0.29) is 10.5 Å². The molecule has 2 N–H and O–H groups in total. The van der Waals surface area contributed by atoms with E-state index in [1.165, 1.54) is 13.0 Å². The fraction of sp³-hybridized carbons (Fsp3) is 0.571. The van der Waals surface area contributed by atoms with Gasteiger partial charge in [-0.2, -0.15) is 11.8 Å². The summed E-state index contributed by atoms with van der Waals surface area (Å²) in [5.41, 5.74) is 0.789. The molecule has 7 heteroatoms. The summed E-state index contributed by atoms with van der Waals surface area (Å²) in [6, 6.07) is 2.91. The molecule has 0 spiro atoms. The van der Waals surface area contributed by atoms with Crippen molar-refractivity contribution in [1.82, 2.24) is 10.0 Å². The quantitative estimate of drug-likeness (QED) is 0.837. The Morgan fingerprint density at radius 1 is 1.43 bits per heavy atom. The molecule has 0 aliphatic carbocycles. The molecule has 1 aromatic carbocycles. The number of sulfonamides is 1. The van der Waals surface area contributed by atoms with Gasteiger partial charge >= 0.3 is 0 Å². The molecule has 21 heavy (non-hydrogen) atoms. The lowest BCUT2D eigenvalue weighted by Gasteiger charge is -2.14. The summed E-state index contributed by atoms with van der Waals surface area (Å²) in [4.78, 5) is 0.0377. The number of halogens is 1. The highest BCUT2D eigenvalue weighted by Gasteiger charge is 2.23. The minimum Gasteiger partial charge on any atom is -0.316 e. The van der Waals surface area contributed by atoms with Gasteiger partial charge in [0.05, 0.1) is 4.90 Å². The van der Waals surface area contributed by atoms with Crippen molar-refractivity contribution in [2.45, 2.75) is 36.5 Å². The molecule has 1 unspecified atom stereocenters. The molecule has 1 aliphatic heterocycles. The summed E-state index contributed by atoms with van der Waals surface area (Å²) < 4.78 is 41.4. The van der Waals surface area contributed by atoms with Crippen molar-refractivity contribution in [2.24, 2.45) is 0 Å². The Morgan fingerprint density at radius 2 is 2.19 bits per heavy atom. The predicted molar refractivity (Wildman–Crippen MR) is 84.6 cm³/mol. The number of nitrogens with one attached hydrogen (secondary N) is 2. The van der Waals surface area contributed by atoms with Crippen molar-refractivity contribution in [3.8, 4) is 0 Å². The van der Waals surface area contributed by atoms with Gasteiger partial charge in [0.1, 0.15) is 5.82 Å². The molecule has 1 aliphatic rings. The van der Waals surface area contributed by atoms with Crippen LogP contribution in [0.3, 0.4) is 0 Å². The van der Waals surface area contributed by atoms with Crippen LogP contribution in [0.2, 0.25) is 0 Å². The Morgan fingerprint density at radius 3 is 2.81 bits per heavy atom. The second-order valence-electron chi connectivity index (χ2n) is 5.22. The highest BCUT2D eigenvalue weighted by atomic mass is 32.2. The molecule has 118 valence electrons. The topological polar surface area (TPSA) is 58.2 Å². The third-order valence-corrected chi connectivity index (χ3v) is 6.50. The molecule has 0 radical (unpaired) electrons. The van der Waals surface area contributed by atoms with Crippen molar-refractivity contribution >= 4 is 21.8 Å². The Kier molecular flexibility index (Phi) is 5.65. The van der Waals surface area contributed by atoms with E-state index in [1.54, 1.807) is 24.9 Å². The molecule has 1 fully saturated rings. The third-order valence-electron chi connectivity index (χ3n) is 3.55. The summed E-state index contributed by atoms with van der Waals surface area (Å²) >= 11 is 1.79. The Bertz CT molecular complexity index is 599. The molecule has 2 rings (SSSR count). The molecular weight excluding hydrogens is 311 g/mol. The maximum Gasteiger partial charge on any atom is 0.240 e. The first-order chi connectivity index (χ1) is 9.94. The molecule has 1 heterocycles. The standard InChI is InChI=1S/C14H21FN2O2S2/c1-10-13(15)6-11(8-16-2)7-14(10)21(18,19)17-9-12-4-3-5-20-12/h6-7,12,16-17H,3-5,8-9H2,1-2H3. The normalized spacial score (nSPS) is 19.1. The summed E-state index contributed by atoms with van der Waals surface area (Å²) in [6.45, 7) is 2.33. The van der Waals surface area contributed by atoms with Crippen molar-refractivity contribution in [1.29, 1.82) is 0 Å². The van der Waals surface area contributed by atoms with Crippen LogP contribution in [-0.4, -0.2) is 33.0 Å². The molecule has 0 saturated carbocycles. The second-order valence-corrected chi connectivity index (χ2v) is 8.36. The smallest absolute Gasteiger partial charge is 0.240 e. The molecule has 0 aromatic heterocycles.